The summed E-state index contributed by atoms with van der Waals surface area (Å²) >= 11 is 0. The van der Waals surface area contributed by atoms with Crippen molar-refractivity contribution in [1.29, 1.82) is 0 Å². The van der Waals surface area contributed by atoms with Crippen LogP contribution in [0.4, 0.5) is 28.4 Å². The molecule has 0 N–H and O–H groups in total. The first-order chi connectivity index (χ1) is 30.1. The van der Waals surface area contributed by atoms with Gasteiger partial charge in [-0.3, -0.25) is 0 Å². The highest BCUT2D eigenvalue weighted by atomic mass is 16.3. The van der Waals surface area contributed by atoms with Gasteiger partial charge >= 0.3 is 0 Å². The summed E-state index contributed by atoms with van der Waals surface area (Å²) in [7, 11) is 0. The molecule has 1 fully saturated rings. The van der Waals surface area contributed by atoms with E-state index in [2.05, 4.69) is 203 Å². The van der Waals surface area contributed by atoms with Gasteiger partial charge in [0, 0.05) is 33.7 Å². The van der Waals surface area contributed by atoms with Crippen LogP contribution < -0.4 is 20.9 Å². The molecule has 5 aliphatic rings. The molecular formula is C60H67BN2O. The largest absolute Gasteiger partial charge is 0.468 e. The second-order valence-corrected chi connectivity index (χ2v) is 24.1. The van der Waals surface area contributed by atoms with Crippen molar-refractivity contribution in [3.8, 4) is 11.1 Å². The number of benzene rings is 5. The summed E-state index contributed by atoms with van der Waals surface area (Å²) in [6.45, 7) is 31.4. The topological polar surface area (TPSA) is 19.6 Å². The Kier molecular flexibility index (Phi) is 8.86. The number of rotatable bonds is 3. The van der Waals surface area contributed by atoms with Gasteiger partial charge in [0.15, 0.2) is 0 Å². The Bertz CT molecular complexity index is 3000. The molecule has 3 nitrogen and oxygen atoms in total. The maximum Gasteiger partial charge on any atom is 0.293 e. The average Bonchev–Trinajstić information content (AvgIpc) is 3.61. The summed E-state index contributed by atoms with van der Waals surface area (Å²) in [4.78, 5) is 5.31. The van der Waals surface area contributed by atoms with E-state index in [1.165, 1.54) is 115 Å². The van der Waals surface area contributed by atoms with E-state index in [9.17, 15) is 0 Å². The molecule has 6 aromatic rings. The van der Waals surface area contributed by atoms with Crippen LogP contribution >= 0.6 is 0 Å². The van der Waals surface area contributed by atoms with E-state index in [1.807, 2.05) is 0 Å². The van der Waals surface area contributed by atoms with Crippen LogP contribution in [0.5, 0.6) is 0 Å². The van der Waals surface area contributed by atoms with Crippen molar-refractivity contribution in [3.63, 3.8) is 0 Å². The van der Waals surface area contributed by atoms with Gasteiger partial charge in [-0.1, -0.05) is 141 Å². The minimum atomic E-state index is -0.0310. The van der Waals surface area contributed by atoms with Gasteiger partial charge in [0.2, 0.25) is 0 Å². The molecule has 64 heavy (non-hydrogen) atoms. The standard InChI is InChI=1S/C60H67BN2O/c1-36-19-24-52-42(29-36)54-55(64-52)61-47-34-45-46(60(12,13)28-27-59(45,10)11)35-49(47)62(40-21-22-43-44(33-40)58(8,9)26-25-57(43,6)7)50-30-37(2)31-51(53(50)61)63(54)48-23-20-39(56(3,4)5)32-41(48)38-17-15-14-16-18-38/h14-24,29-33,35,45H,25-28,34H2,1-13H3. The van der Waals surface area contributed by atoms with E-state index < -0.39 is 0 Å². The van der Waals surface area contributed by atoms with Gasteiger partial charge in [-0.05, 0) is 167 Å². The van der Waals surface area contributed by atoms with Crippen molar-refractivity contribution in [2.75, 3.05) is 9.80 Å². The SMILES string of the molecule is Cc1cc2c3c(c1)N(c1ccc(C(C)(C)C)cc1-c1ccccc1)c1c(oc4ccc(C)cc14)B3C1=C(C=C3C(C1)C(C)(C)CCC3(C)C)N2c1ccc2c(c1)C(C)(C)CCC2(C)C. The molecule has 1 aromatic heterocycles. The fourth-order valence-corrected chi connectivity index (χ4v) is 12.6. The highest BCUT2D eigenvalue weighted by molar-refractivity contribution is 6.94. The Balaban J connectivity index is 1.26. The lowest BCUT2D eigenvalue weighted by molar-refractivity contribution is 0.122. The molecule has 3 aliphatic carbocycles. The van der Waals surface area contributed by atoms with Crippen molar-refractivity contribution >= 4 is 57.2 Å². The summed E-state index contributed by atoms with van der Waals surface area (Å²) in [5.74, 6) is 0.443. The Labute approximate surface area is 383 Å². The maximum atomic E-state index is 7.43. The average molecular weight is 843 g/mol. The summed E-state index contributed by atoms with van der Waals surface area (Å²) in [6.07, 6.45) is 8.51. The van der Waals surface area contributed by atoms with Gasteiger partial charge < -0.3 is 14.2 Å². The zero-order valence-corrected chi connectivity index (χ0v) is 40.8. The molecule has 1 unspecified atom stereocenters. The Morgan fingerprint density at radius 3 is 2.05 bits per heavy atom. The lowest BCUT2D eigenvalue weighted by Gasteiger charge is -2.53. The predicted octanol–water partition coefficient (Wildman–Crippen LogP) is 15.5. The molecule has 5 aromatic carbocycles. The monoisotopic (exact) mass is 843 g/mol. The molecule has 11 rings (SSSR count). The second kappa shape index (κ2) is 13.7. The Morgan fingerprint density at radius 1 is 0.641 bits per heavy atom. The summed E-state index contributed by atoms with van der Waals surface area (Å²) in [6, 6.07) is 37.6. The van der Waals surface area contributed by atoms with Crippen LogP contribution in [-0.4, -0.2) is 6.71 Å². The van der Waals surface area contributed by atoms with E-state index in [-0.39, 0.29) is 33.8 Å². The van der Waals surface area contributed by atoms with E-state index in [1.54, 1.807) is 5.57 Å². The fourth-order valence-electron chi connectivity index (χ4n) is 12.6. The lowest BCUT2D eigenvalue weighted by atomic mass is 9.32. The molecule has 4 heteroatoms. The minimum Gasteiger partial charge on any atom is -0.468 e. The van der Waals surface area contributed by atoms with Gasteiger partial charge in [0.1, 0.15) is 5.58 Å². The third-order valence-corrected chi connectivity index (χ3v) is 16.8. The van der Waals surface area contributed by atoms with Crippen LogP contribution in [0, 0.1) is 30.6 Å². The molecule has 1 atom stereocenters. The Morgan fingerprint density at radius 2 is 1.33 bits per heavy atom. The van der Waals surface area contributed by atoms with E-state index in [0.29, 0.717) is 5.92 Å². The molecule has 326 valence electrons. The molecule has 0 spiro atoms. The van der Waals surface area contributed by atoms with Crippen LogP contribution in [0.3, 0.4) is 0 Å². The number of hydrogen-bond donors (Lipinski definition) is 0. The first-order valence-corrected chi connectivity index (χ1v) is 24.2. The van der Waals surface area contributed by atoms with E-state index >= 15 is 0 Å². The molecule has 1 saturated carbocycles. The van der Waals surface area contributed by atoms with Crippen molar-refractivity contribution < 1.29 is 4.42 Å². The number of hydrogen-bond acceptors (Lipinski definition) is 3. The molecular weight excluding hydrogens is 775 g/mol. The van der Waals surface area contributed by atoms with Crippen LogP contribution in [0.2, 0.25) is 0 Å². The first-order valence-electron chi connectivity index (χ1n) is 24.2. The molecule has 2 aliphatic heterocycles. The van der Waals surface area contributed by atoms with Gasteiger partial charge in [0.05, 0.1) is 17.0 Å². The maximum absolute atomic E-state index is 7.43. The third kappa shape index (κ3) is 6.13. The number of fused-ring (bicyclic) bond motifs is 7. The normalized spacial score (nSPS) is 21.2. The van der Waals surface area contributed by atoms with Crippen molar-refractivity contribution in [1.82, 2.24) is 0 Å². The smallest absolute Gasteiger partial charge is 0.293 e. The highest BCUT2D eigenvalue weighted by Gasteiger charge is 2.53. The Hall–Kier alpha value is -5.22. The number of furan rings is 1. The van der Waals surface area contributed by atoms with E-state index in [4.69, 9.17) is 4.42 Å². The third-order valence-electron chi connectivity index (χ3n) is 16.8. The zero-order chi connectivity index (χ0) is 45.0. The molecule has 0 bridgehead atoms. The van der Waals surface area contributed by atoms with Crippen LogP contribution in [-0.2, 0) is 16.2 Å². The first kappa shape index (κ1) is 41.5. The van der Waals surface area contributed by atoms with Crippen LogP contribution in [0.15, 0.2) is 124 Å². The minimum absolute atomic E-state index is 0.0149. The number of nitrogens with zero attached hydrogens (tertiary/aromatic N) is 2. The van der Waals surface area contributed by atoms with Crippen molar-refractivity contribution in [2.45, 2.75) is 138 Å². The summed E-state index contributed by atoms with van der Waals surface area (Å²) in [5, 5.41) is 1.18. The molecule has 0 amide bonds. The molecule has 3 heterocycles. The number of anilines is 5. The van der Waals surface area contributed by atoms with Gasteiger partial charge in [-0.2, -0.15) is 0 Å². The van der Waals surface area contributed by atoms with Crippen LogP contribution in [0.1, 0.15) is 136 Å². The second-order valence-electron chi connectivity index (χ2n) is 24.1. The van der Waals surface area contributed by atoms with Crippen LogP contribution in [0.25, 0.3) is 22.1 Å². The lowest BCUT2D eigenvalue weighted by Crippen LogP contribution is -2.57. The quantitative estimate of drug-likeness (QED) is 0.166. The van der Waals surface area contributed by atoms with Gasteiger partial charge in [-0.25, -0.2) is 0 Å². The fraction of sp³-hybridized carbons (Fsp3) is 0.400. The molecule has 0 radical (unpaired) electrons. The van der Waals surface area contributed by atoms with E-state index in [0.717, 1.165) is 17.7 Å². The molecule has 0 saturated heterocycles. The predicted molar refractivity (Wildman–Crippen MR) is 273 cm³/mol. The highest BCUT2D eigenvalue weighted by Crippen LogP contribution is 2.60. The number of aryl methyl sites for hydroxylation is 2. The zero-order valence-electron chi connectivity index (χ0n) is 40.8. The van der Waals surface area contributed by atoms with Gasteiger partial charge in [0.25, 0.3) is 6.71 Å². The van der Waals surface area contributed by atoms with Gasteiger partial charge in [-0.15, -0.1) is 0 Å². The summed E-state index contributed by atoms with van der Waals surface area (Å²) < 4.78 is 7.43. The van der Waals surface area contributed by atoms with Crippen molar-refractivity contribution in [2.24, 2.45) is 16.7 Å². The van der Waals surface area contributed by atoms with Crippen molar-refractivity contribution in [3.05, 3.63) is 148 Å². The number of allylic oxidation sites excluding steroid dienone is 3. The summed E-state index contributed by atoms with van der Waals surface area (Å²) in [5.41, 5.74) is 23.8.